The summed E-state index contributed by atoms with van der Waals surface area (Å²) in [4.78, 5) is 23.1. The van der Waals surface area contributed by atoms with Gasteiger partial charge in [0.1, 0.15) is 16.5 Å². The van der Waals surface area contributed by atoms with Crippen LogP contribution < -0.4 is 14.2 Å². The molecule has 0 bridgehead atoms. The molecule has 0 aliphatic rings. The standard InChI is InChI=1S/C25H21N3O7S/c1-3-34-24-14-18(10-12-23(24)35-36(32,33)21-7-5-4-6-8-21)13-19(16-26)25(29)27-22-15-20(28(30)31)11-9-17(22)2/h4-15H,3H2,1-2H3,(H,27,29)/b19-13+. The fraction of sp³-hybridized carbons (Fsp3) is 0.120. The number of hydrogen-bond acceptors (Lipinski definition) is 8. The highest BCUT2D eigenvalue weighted by Gasteiger charge is 2.20. The fourth-order valence-corrected chi connectivity index (χ4v) is 4.03. The van der Waals surface area contributed by atoms with Crippen LogP contribution in [0.2, 0.25) is 0 Å². The summed E-state index contributed by atoms with van der Waals surface area (Å²) in [6, 6.07) is 17.6. The van der Waals surface area contributed by atoms with Crippen LogP contribution >= 0.6 is 0 Å². The van der Waals surface area contributed by atoms with Gasteiger partial charge in [-0.2, -0.15) is 13.7 Å². The third-order valence-corrected chi connectivity index (χ3v) is 6.10. The Bertz CT molecular complexity index is 1480. The van der Waals surface area contributed by atoms with Crippen LogP contribution in [0, 0.1) is 28.4 Å². The van der Waals surface area contributed by atoms with Crippen LogP contribution in [0.25, 0.3) is 6.08 Å². The molecule has 0 saturated heterocycles. The number of aryl methyl sites for hydroxylation is 1. The van der Waals surface area contributed by atoms with Crippen molar-refractivity contribution in [1.82, 2.24) is 0 Å². The molecule has 184 valence electrons. The van der Waals surface area contributed by atoms with Gasteiger partial charge in [-0.1, -0.05) is 30.3 Å². The van der Waals surface area contributed by atoms with E-state index in [1.165, 1.54) is 54.6 Å². The summed E-state index contributed by atoms with van der Waals surface area (Å²) < 4.78 is 36.0. The zero-order chi connectivity index (χ0) is 26.3. The Morgan fingerprint density at radius 1 is 1.11 bits per heavy atom. The zero-order valence-electron chi connectivity index (χ0n) is 19.3. The number of carbonyl (C=O) groups excluding carboxylic acids is 1. The normalized spacial score (nSPS) is 11.3. The van der Waals surface area contributed by atoms with Crippen LogP contribution in [0.15, 0.2) is 77.2 Å². The van der Waals surface area contributed by atoms with Gasteiger partial charge in [-0.15, -0.1) is 0 Å². The molecule has 0 unspecified atom stereocenters. The van der Waals surface area contributed by atoms with Gasteiger partial charge in [0, 0.05) is 12.1 Å². The van der Waals surface area contributed by atoms with Gasteiger partial charge in [0.25, 0.3) is 11.6 Å². The van der Waals surface area contributed by atoms with Gasteiger partial charge in [0.2, 0.25) is 0 Å². The average molecular weight is 508 g/mol. The maximum Gasteiger partial charge on any atom is 0.339 e. The van der Waals surface area contributed by atoms with Crippen LogP contribution in [0.3, 0.4) is 0 Å². The Morgan fingerprint density at radius 3 is 2.47 bits per heavy atom. The van der Waals surface area contributed by atoms with Crippen molar-refractivity contribution in [2.24, 2.45) is 0 Å². The molecule has 36 heavy (non-hydrogen) atoms. The molecule has 1 amide bonds. The van der Waals surface area contributed by atoms with Gasteiger partial charge in [0.05, 0.1) is 17.2 Å². The fourth-order valence-electron chi connectivity index (χ4n) is 3.07. The lowest BCUT2D eigenvalue weighted by molar-refractivity contribution is -0.384. The molecule has 0 spiro atoms. The highest BCUT2D eigenvalue weighted by Crippen LogP contribution is 2.32. The van der Waals surface area contributed by atoms with Crippen LogP contribution in [-0.4, -0.2) is 25.9 Å². The Kier molecular flexibility index (Phi) is 8.03. The molecule has 3 aromatic rings. The Hall–Kier alpha value is -4.69. The van der Waals surface area contributed by atoms with E-state index in [1.807, 2.05) is 0 Å². The molecule has 0 aromatic heterocycles. The molecule has 3 rings (SSSR count). The number of anilines is 1. The topological polar surface area (TPSA) is 149 Å². The molecule has 0 fully saturated rings. The van der Waals surface area contributed by atoms with E-state index >= 15 is 0 Å². The lowest BCUT2D eigenvalue weighted by atomic mass is 10.1. The van der Waals surface area contributed by atoms with Gasteiger partial charge in [0.15, 0.2) is 11.5 Å². The van der Waals surface area contributed by atoms with Gasteiger partial charge in [-0.05, 0) is 55.3 Å². The molecule has 3 aromatic carbocycles. The van der Waals surface area contributed by atoms with Crippen molar-refractivity contribution in [2.75, 3.05) is 11.9 Å². The molecule has 11 heteroatoms. The first-order valence-electron chi connectivity index (χ1n) is 10.6. The van der Waals surface area contributed by atoms with Crippen LogP contribution in [0.5, 0.6) is 11.5 Å². The number of amides is 1. The first-order valence-corrected chi connectivity index (χ1v) is 12.0. The maximum atomic E-state index is 12.7. The number of nitrogens with one attached hydrogen (secondary N) is 1. The summed E-state index contributed by atoms with van der Waals surface area (Å²) in [5.41, 5.74) is 0.645. The number of nitriles is 1. The molecule has 0 saturated carbocycles. The molecule has 0 heterocycles. The number of rotatable bonds is 9. The average Bonchev–Trinajstić information content (AvgIpc) is 2.85. The van der Waals surface area contributed by atoms with Gasteiger partial charge in [-0.25, -0.2) is 0 Å². The number of carbonyl (C=O) groups is 1. The lowest BCUT2D eigenvalue weighted by Gasteiger charge is -2.13. The summed E-state index contributed by atoms with van der Waals surface area (Å²) in [5.74, 6) is -0.739. The maximum absolute atomic E-state index is 12.7. The molecule has 0 aliphatic carbocycles. The summed E-state index contributed by atoms with van der Waals surface area (Å²) in [5, 5.41) is 23.1. The van der Waals surface area contributed by atoms with Crippen molar-refractivity contribution < 1.29 is 27.1 Å². The van der Waals surface area contributed by atoms with Gasteiger partial charge >= 0.3 is 10.1 Å². The number of nitro groups is 1. The number of benzene rings is 3. The summed E-state index contributed by atoms with van der Waals surface area (Å²) in [6.45, 7) is 3.56. The van der Waals surface area contributed by atoms with Crippen LogP contribution in [0.4, 0.5) is 11.4 Å². The summed E-state index contributed by atoms with van der Waals surface area (Å²) >= 11 is 0. The van der Waals surface area contributed by atoms with E-state index < -0.39 is 20.9 Å². The molecule has 1 N–H and O–H groups in total. The van der Waals surface area contributed by atoms with E-state index in [0.717, 1.165) is 0 Å². The van der Waals surface area contributed by atoms with E-state index in [0.29, 0.717) is 11.1 Å². The Balaban J connectivity index is 1.89. The molecular formula is C25H21N3O7S. The number of non-ortho nitro benzene ring substituents is 1. The minimum Gasteiger partial charge on any atom is -0.490 e. The highest BCUT2D eigenvalue weighted by atomic mass is 32.2. The van der Waals surface area contributed by atoms with Crippen molar-refractivity contribution >= 4 is 33.5 Å². The minimum absolute atomic E-state index is 0.0312. The predicted molar refractivity (Wildman–Crippen MR) is 132 cm³/mol. The van der Waals surface area contributed by atoms with E-state index in [-0.39, 0.29) is 39.9 Å². The van der Waals surface area contributed by atoms with E-state index in [1.54, 1.807) is 38.1 Å². The first-order chi connectivity index (χ1) is 17.1. The van der Waals surface area contributed by atoms with Crippen LogP contribution in [0.1, 0.15) is 18.1 Å². The largest absolute Gasteiger partial charge is 0.490 e. The minimum atomic E-state index is -4.12. The third kappa shape index (κ3) is 6.25. The second-order valence-corrected chi connectivity index (χ2v) is 8.92. The Labute approximate surface area is 207 Å². The third-order valence-electron chi connectivity index (χ3n) is 4.86. The number of ether oxygens (including phenoxy) is 1. The number of nitro benzene ring substituents is 1. The van der Waals surface area contributed by atoms with Crippen LogP contribution in [-0.2, 0) is 14.9 Å². The summed E-state index contributed by atoms with van der Waals surface area (Å²) in [6.07, 6.45) is 1.28. The van der Waals surface area contributed by atoms with E-state index in [9.17, 15) is 28.6 Å². The quantitative estimate of drug-likeness (QED) is 0.145. The van der Waals surface area contributed by atoms with Crippen molar-refractivity contribution in [3.63, 3.8) is 0 Å². The van der Waals surface area contributed by atoms with Gasteiger partial charge < -0.3 is 14.2 Å². The molecule has 10 nitrogen and oxygen atoms in total. The zero-order valence-corrected chi connectivity index (χ0v) is 20.1. The first kappa shape index (κ1) is 25.9. The van der Waals surface area contributed by atoms with Crippen molar-refractivity contribution in [2.45, 2.75) is 18.7 Å². The molecule has 0 aliphatic heterocycles. The van der Waals surface area contributed by atoms with Crippen molar-refractivity contribution in [3.05, 3.63) is 93.5 Å². The second kappa shape index (κ2) is 11.2. The molecular weight excluding hydrogens is 486 g/mol. The second-order valence-electron chi connectivity index (χ2n) is 7.37. The predicted octanol–water partition coefficient (Wildman–Crippen LogP) is 4.62. The molecule has 0 atom stereocenters. The SMILES string of the molecule is CCOc1cc(/C=C(\C#N)C(=O)Nc2cc([N+](=O)[O-])ccc2C)ccc1OS(=O)(=O)c1ccccc1. The monoisotopic (exact) mass is 507 g/mol. The highest BCUT2D eigenvalue weighted by molar-refractivity contribution is 7.87. The number of hydrogen-bond donors (Lipinski definition) is 1. The lowest BCUT2D eigenvalue weighted by Crippen LogP contribution is -2.14. The van der Waals surface area contributed by atoms with E-state index in [2.05, 4.69) is 5.32 Å². The van der Waals surface area contributed by atoms with Crippen molar-refractivity contribution in [1.29, 1.82) is 5.26 Å². The van der Waals surface area contributed by atoms with Crippen molar-refractivity contribution in [3.8, 4) is 17.6 Å². The summed E-state index contributed by atoms with van der Waals surface area (Å²) in [7, 11) is -4.12. The molecule has 0 radical (unpaired) electrons. The van der Waals surface area contributed by atoms with Gasteiger partial charge in [-0.3, -0.25) is 14.9 Å². The van der Waals surface area contributed by atoms with E-state index in [4.69, 9.17) is 8.92 Å². The Morgan fingerprint density at radius 2 is 1.83 bits per heavy atom. The smallest absolute Gasteiger partial charge is 0.339 e. The number of nitrogens with zero attached hydrogens (tertiary/aromatic N) is 2.